The largest absolute Gasteiger partial charge is 0.379 e. The zero-order chi connectivity index (χ0) is 59.8. The van der Waals surface area contributed by atoms with Gasteiger partial charge in [-0.15, -0.1) is 0 Å². The second kappa shape index (κ2) is 65.7. The molecule has 1 rings (SSSR count). The first kappa shape index (κ1) is 80.3. The highest BCUT2D eigenvalue weighted by molar-refractivity contribution is 5.79. The highest BCUT2D eigenvalue weighted by atomic mass is 16.6. The molecule has 5 atom stereocenters. The highest BCUT2D eigenvalue weighted by Gasteiger charge is 2.48. The number of unbranched alkanes of at least 4 members (excludes halogenated alkanes) is 52. The van der Waals surface area contributed by atoms with Crippen molar-refractivity contribution in [1.29, 1.82) is 0 Å². The van der Waals surface area contributed by atoms with Crippen molar-refractivity contribution < 1.29 is 23.7 Å². The van der Waals surface area contributed by atoms with Gasteiger partial charge in [0.1, 0.15) is 24.4 Å². The van der Waals surface area contributed by atoms with E-state index in [1.807, 2.05) is 0 Å². The summed E-state index contributed by atoms with van der Waals surface area (Å²) < 4.78 is 35.2. The first-order valence-corrected chi connectivity index (χ1v) is 38.4. The van der Waals surface area contributed by atoms with E-state index in [1.165, 1.54) is 334 Å². The monoisotopic (exact) mass is 1170 g/mol. The Morgan fingerprint density at radius 3 is 0.783 bits per heavy atom. The van der Waals surface area contributed by atoms with Crippen LogP contribution in [0.25, 0.3) is 0 Å². The van der Waals surface area contributed by atoms with Gasteiger partial charge in [0.25, 0.3) is 0 Å². The lowest BCUT2D eigenvalue weighted by Crippen LogP contribution is -2.61. The van der Waals surface area contributed by atoms with E-state index in [2.05, 4.69) is 53.4 Å². The Hall–Kier alpha value is -0.730. The van der Waals surface area contributed by atoms with Crippen LogP contribution in [0.15, 0.2) is 4.99 Å². The Balaban J connectivity index is 3.07. The van der Waals surface area contributed by atoms with E-state index in [-0.39, 0.29) is 24.4 Å². The second-order valence-corrected chi connectivity index (χ2v) is 26.4. The molecule has 7 heteroatoms. The van der Waals surface area contributed by atoms with Crippen molar-refractivity contribution in [3.63, 3.8) is 0 Å². The number of rotatable bonds is 68. The molecule has 0 saturated carbocycles. The van der Waals surface area contributed by atoms with E-state index in [1.54, 1.807) is 0 Å². The Kier molecular flexibility index (Phi) is 63.6. The minimum atomic E-state index is -0.473. The SMILES string of the molecule is CCCCCCCCCCCCCCCCOC[C@H]1O[C@@H](/N=C(/C)N(CC)CC)[C@H](OCCCCCCCCCCCCCCCC)[C@@H](OCCCCCCCCCCCCCCCC)[C@@H]1OCCCCCCCCCCCCCCCC. The van der Waals surface area contributed by atoms with Crippen molar-refractivity contribution in [2.75, 3.05) is 46.1 Å². The third kappa shape index (κ3) is 50.8. The molecular formula is C76H152N2O5. The number of amidine groups is 1. The maximum absolute atomic E-state index is 7.18. The molecular weight excluding hydrogens is 1020 g/mol. The van der Waals surface area contributed by atoms with Crippen LogP contribution < -0.4 is 0 Å². The van der Waals surface area contributed by atoms with Crippen LogP contribution in [0.2, 0.25) is 0 Å². The fraction of sp³-hybridized carbons (Fsp3) is 0.987. The molecule has 0 aromatic heterocycles. The summed E-state index contributed by atoms with van der Waals surface area (Å²) in [5.74, 6) is 1.01. The van der Waals surface area contributed by atoms with Gasteiger partial charge in [0.15, 0.2) is 6.23 Å². The lowest BCUT2D eigenvalue weighted by Gasteiger charge is -2.45. The number of ether oxygens (including phenoxy) is 5. The summed E-state index contributed by atoms with van der Waals surface area (Å²) in [6, 6.07) is 0. The van der Waals surface area contributed by atoms with Crippen molar-refractivity contribution in [2.24, 2.45) is 4.99 Å². The molecule has 1 aliphatic heterocycles. The third-order valence-corrected chi connectivity index (χ3v) is 18.5. The van der Waals surface area contributed by atoms with Gasteiger partial charge in [-0.05, 0) is 46.5 Å². The van der Waals surface area contributed by atoms with E-state index in [4.69, 9.17) is 28.7 Å². The molecule has 0 aliphatic carbocycles. The molecule has 0 aromatic carbocycles. The van der Waals surface area contributed by atoms with E-state index in [0.29, 0.717) is 13.2 Å². The van der Waals surface area contributed by atoms with Gasteiger partial charge >= 0.3 is 0 Å². The third-order valence-electron chi connectivity index (χ3n) is 18.5. The average molecular weight is 1170 g/mol. The zero-order valence-electron chi connectivity index (χ0n) is 57.9. The van der Waals surface area contributed by atoms with Crippen LogP contribution in [0.4, 0.5) is 0 Å². The van der Waals surface area contributed by atoms with Crippen LogP contribution in [0, 0.1) is 0 Å². The Bertz CT molecular complexity index is 1260. The number of aliphatic imine (C=N–C) groups is 1. The van der Waals surface area contributed by atoms with Gasteiger partial charge in [-0.1, -0.05) is 362 Å². The van der Waals surface area contributed by atoms with Gasteiger partial charge in [-0.3, -0.25) is 0 Å². The van der Waals surface area contributed by atoms with E-state index < -0.39 is 6.23 Å². The van der Waals surface area contributed by atoms with Gasteiger partial charge in [-0.2, -0.15) is 0 Å². The predicted octanol–water partition coefficient (Wildman–Crippen LogP) is 24.6. The second-order valence-electron chi connectivity index (χ2n) is 26.4. The molecule has 0 radical (unpaired) electrons. The summed E-state index contributed by atoms with van der Waals surface area (Å²) in [5.41, 5.74) is 0. The molecule has 83 heavy (non-hydrogen) atoms. The number of hydrogen-bond acceptors (Lipinski definition) is 6. The van der Waals surface area contributed by atoms with Crippen LogP contribution in [-0.2, 0) is 23.7 Å². The van der Waals surface area contributed by atoms with Gasteiger partial charge in [0.2, 0.25) is 0 Å². The van der Waals surface area contributed by atoms with Crippen molar-refractivity contribution in [3.8, 4) is 0 Å². The minimum absolute atomic E-state index is 0.262. The standard InChI is InChI=1S/C76H152N2O5/c1-8-14-18-22-26-30-34-38-42-46-50-54-58-62-66-79-70-72-73(80-67-63-59-55-51-47-43-39-35-31-27-23-19-15-9-2)74(81-68-64-60-56-52-48-44-40-36-32-28-24-20-16-10-3)75(76(83-72)77-71(7)78(12-5)13-6)82-69-65-61-57-53-49-45-41-37-33-29-25-21-17-11-4/h72-76H,8-70H2,1-7H3/b77-71-/t72-,73-,74+,75-,76-/m1/s1. The molecule has 1 heterocycles. The van der Waals surface area contributed by atoms with E-state index >= 15 is 0 Å². The van der Waals surface area contributed by atoms with Gasteiger partial charge in [0, 0.05) is 39.5 Å². The Labute approximate surface area is 521 Å². The van der Waals surface area contributed by atoms with Crippen LogP contribution in [0.5, 0.6) is 0 Å². The van der Waals surface area contributed by atoms with Crippen molar-refractivity contribution in [2.45, 2.75) is 439 Å². The number of hydrogen-bond donors (Lipinski definition) is 0. The normalized spacial score (nSPS) is 17.6. The van der Waals surface area contributed by atoms with Crippen molar-refractivity contribution in [3.05, 3.63) is 0 Å². The Morgan fingerprint density at radius 1 is 0.289 bits per heavy atom. The predicted molar refractivity (Wildman–Crippen MR) is 366 cm³/mol. The van der Waals surface area contributed by atoms with Crippen molar-refractivity contribution in [1.82, 2.24) is 4.90 Å². The fourth-order valence-electron chi connectivity index (χ4n) is 12.8. The molecule has 0 N–H and O–H groups in total. The molecule has 0 unspecified atom stereocenters. The first-order chi connectivity index (χ1) is 41.1. The van der Waals surface area contributed by atoms with Gasteiger partial charge in [0.05, 0.1) is 12.4 Å². The van der Waals surface area contributed by atoms with Crippen LogP contribution in [-0.4, -0.2) is 87.5 Å². The molecule has 1 fully saturated rings. The maximum atomic E-state index is 7.18. The lowest BCUT2D eigenvalue weighted by molar-refractivity contribution is -0.264. The van der Waals surface area contributed by atoms with Gasteiger partial charge < -0.3 is 28.6 Å². The molecule has 0 aromatic rings. The summed E-state index contributed by atoms with van der Waals surface area (Å²) in [5, 5.41) is 0. The molecule has 0 spiro atoms. The van der Waals surface area contributed by atoms with Gasteiger partial charge in [-0.25, -0.2) is 4.99 Å². The molecule has 1 aliphatic rings. The van der Waals surface area contributed by atoms with Crippen LogP contribution in [0.3, 0.4) is 0 Å². The maximum Gasteiger partial charge on any atom is 0.179 e. The average Bonchev–Trinajstić information content (AvgIpc) is 3.52. The fourth-order valence-corrected chi connectivity index (χ4v) is 12.8. The minimum Gasteiger partial charge on any atom is -0.379 e. The molecule has 496 valence electrons. The first-order valence-electron chi connectivity index (χ1n) is 38.4. The molecule has 7 nitrogen and oxygen atoms in total. The van der Waals surface area contributed by atoms with Crippen LogP contribution >= 0.6 is 0 Å². The molecule has 0 amide bonds. The summed E-state index contributed by atoms with van der Waals surface area (Å²) in [6.07, 6.45) is 74.3. The summed E-state index contributed by atoms with van der Waals surface area (Å²) in [4.78, 5) is 7.75. The quantitative estimate of drug-likeness (QED) is 0.0344. The van der Waals surface area contributed by atoms with E-state index in [9.17, 15) is 0 Å². The summed E-state index contributed by atoms with van der Waals surface area (Å²) in [6.45, 7) is 21.1. The molecule has 1 saturated heterocycles. The van der Waals surface area contributed by atoms with Crippen molar-refractivity contribution >= 4 is 5.84 Å². The highest BCUT2D eigenvalue weighted by Crippen LogP contribution is 2.31. The lowest BCUT2D eigenvalue weighted by atomic mass is 9.97. The summed E-state index contributed by atoms with van der Waals surface area (Å²) in [7, 11) is 0. The number of nitrogens with zero attached hydrogens (tertiary/aromatic N) is 2. The topological polar surface area (TPSA) is 61.8 Å². The van der Waals surface area contributed by atoms with E-state index in [0.717, 1.165) is 64.4 Å². The molecule has 0 bridgehead atoms. The smallest absolute Gasteiger partial charge is 0.179 e. The van der Waals surface area contributed by atoms with Crippen LogP contribution in [0.1, 0.15) is 408 Å². The summed E-state index contributed by atoms with van der Waals surface area (Å²) >= 11 is 0. The zero-order valence-corrected chi connectivity index (χ0v) is 57.9. The Morgan fingerprint density at radius 2 is 0.518 bits per heavy atom.